The molecule has 0 spiro atoms. The first-order valence-electron chi connectivity index (χ1n) is 11.4. The molecular weight excluding hydrogens is 446 g/mol. The first-order valence-corrected chi connectivity index (χ1v) is 12.2. The number of fused-ring (bicyclic) bond motifs is 1. The molecule has 1 aliphatic heterocycles. The SMILES string of the molecule is COc1ccc(CCNC(=O)c2ccc3nc(N4CCN(c5ccccn5)CC4)sc3c2)cc1. The second-order valence-corrected chi connectivity index (χ2v) is 9.20. The smallest absolute Gasteiger partial charge is 0.251 e. The number of ether oxygens (including phenoxy) is 1. The van der Waals surface area contributed by atoms with Gasteiger partial charge >= 0.3 is 0 Å². The Balaban J connectivity index is 1.18. The van der Waals surface area contributed by atoms with E-state index in [1.165, 1.54) is 0 Å². The summed E-state index contributed by atoms with van der Waals surface area (Å²) in [5.74, 6) is 1.79. The lowest BCUT2D eigenvalue weighted by Crippen LogP contribution is -2.46. The molecule has 0 radical (unpaired) electrons. The van der Waals surface area contributed by atoms with E-state index < -0.39 is 0 Å². The molecule has 7 nitrogen and oxygen atoms in total. The summed E-state index contributed by atoms with van der Waals surface area (Å²) in [4.78, 5) is 26.6. The van der Waals surface area contributed by atoms with Crippen molar-refractivity contribution in [2.24, 2.45) is 0 Å². The highest BCUT2D eigenvalue weighted by Gasteiger charge is 2.21. The van der Waals surface area contributed by atoms with E-state index in [4.69, 9.17) is 9.72 Å². The van der Waals surface area contributed by atoms with Crippen LogP contribution in [0.25, 0.3) is 10.2 Å². The third-order valence-electron chi connectivity index (χ3n) is 6.02. The monoisotopic (exact) mass is 473 g/mol. The number of benzene rings is 2. The van der Waals surface area contributed by atoms with Crippen LogP contribution in [0.4, 0.5) is 10.9 Å². The highest BCUT2D eigenvalue weighted by Crippen LogP contribution is 2.30. The lowest BCUT2D eigenvalue weighted by Gasteiger charge is -2.35. The summed E-state index contributed by atoms with van der Waals surface area (Å²) in [6.07, 6.45) is 2.61. The Morgan fingerprint density at radius 2 is 1.82 bits per heavy atom. The molecule has 0 bridgehead atoms. The number of aromatic nitrogens is 2. The molecule has 1 N–H and O–H groups in total. The van der Waals surface area contributed by atoms with Crippen molar-refractivity contribution in [3.05, 3.63) is 78.0 Å². The molecule has 1 aliphatic rings. The minimum absolute atomic E-state index is 0.0608. The molecule has 8 heteroatoms. The Bertz CT molecular complexity index is 1250. The molecule has 0 atom stereocenters. The van der Waals surface area contributed by atoms with Gasteiger partial charge in [-0.15, -0.1) is 0 Å². The van der Waals surface area contributed by atoms with Gasteiger partial charge < -0.3 is 19.9 Å². The minimum atomic E-state index is -0.0608. The molecule has 34 heavy (non-hydrogen) atoms. The molecule has 0 saturated carbocycles. The lowest BCUT2D eigenvalue weighted by atomic mass is 10.1. The molecule has 1 saturated heterocycles. The van der Waals surface area contributed by atoms with Gasteiger partial charge in [0, 0.05) is 44.5 Å². The van der Waals surface area contributed by atoms with Crippen LogP contribution in [0.1, 0.15) is 15.9 Å². The number of piperazine rings is 1. The molecule has 0 aliphatic carbocycles. The van der Waals surface area contributed by atoms with Gasteiger partial charge in [-0.25, -0.2) is 9.97 Å². The lowest BCUT2D eigenvalue weighted by molar-refractivity contribution is 0.0954. The van der Waals surface area contributed by atoms with Gasteiger partial charge in [0.15, 0.2) is 5.13 Å². The van der Waals surface area contributed by atoms with Crippen LogP contribution in [0.15, 0.2) is 66.9 Å². The number of carbonyl (C=O) groups is 1. The standard InChI is InChI=1S/C26H27N5O2S/c1-33-21-8-5-19(6-9-21)11-13-28-25(32)20-7-10-22-23(18-20)34-26(29-22)31-16-14-30(15-17-31)24-4-2-3-12-27-24/h2-10,12,18H,11,13-17H2,1H3,(H,28,32). The number of methoxy groups -OCH3 is 1. The highest BCUT2D eigenvalue weighted by molar-refractivity contribution is 7.22. The van der Waals surface area contributed by atoms with Crippen LogP contribution in [-0.2, 0) is 6.42 Å². The van der Waals surface area contributed by atoms with Crippen LogP contribution in [0.5, 0.6) is 5.75 Å². The molecule has 1 amide bonds. The first-order chi connectivity index (χ1) is 16.7. The maximum Gasteiger partial charge on any atom is 0.251 e. The Morgan fingerprint density at radius 1 is 1.03 bits per heavy atom. The zero-order valence-corrected chi connectivity index (χ0v) is 19.9. The van der Waals surface area contributed by atoms with Crippen LogP contribution in [0.2, 0.25) is 0 Å². The van der Waals surface area contributed by atoms with Crippen LogP contribution >= 0.6 is 11.3 Å². The first kappa shape index (κ1) is 22.2. The van der Waals surface area contributed by atoms with Gasteiger partial charge in [0.2, 0.25) is 0 Å². The van der Waals surface area contributed by atoms with Crippen molar-refractivity contribution in [3.63, 3.8) is 0 Å². The van der Waals surface area contributed by atoms with Gasteiger partial charge in [-0.3, -0.25) is 4.79 Å². The Hall–Kier alpha value is -3.65. The van der Waals surface area contributed by atoms with E-state index >= 15 is 0 Å². The predicted molar refractivity (Wildman–Crippen MR) is 137 cm³/mol. The number of carbonyl (C=O) groups excluding carboxylic acids is 1. The number of amides is 1. The Kier molecular flexibility index (Phi) is 6.58. The van der Waals surface area contributed by atoms with Gasteiger partial charge in [0.25, 0.3) is 5.91 Å². The minimum Gasteiger partial charge on any atom is -0.497 e. The van der Waals surface area contributed by atoms with Crippen molar-refractivity contribution >= 4 is 38.4 Å². The van der Waals surface area contributed by atoms with E-state index in [0.29, 0.717) is 12.1 Å². The molecule has 4 aromatic rings. The van der Waals surface area contributed by atoms with E-state index in [2.05, 4.69) is 26.2 Å². The molecule has 2 aromatic carbocycles. The number of nitrogens with zero attached hydrogens (tertiary/aromatic N) is 4. The zero-order chi connectivity index (χ0) is 23.3. The van der Waals surface area contributed by atoms with Gasteiger partial charge in [0.05, 0.1) is 17.3 Å². The zero-order valence-electron chi connectivity index (χ0n) is 19.1. The fraction of sp³-hybridized carbons (Fsp3) is 0.269. The predicted octanol–water partition coefficient (Wildman–Crippen LogP) is 4.00. The van der Waals surface area contributed by atoms with Gasteiger partial charge in [-0.2, -0.15) is 0 Å². The quantitative estimate of drug-likeness (QED) is 0.438. The summed E-state index contributed by atoms with van der Waals surface area (Å²) < 4.78 is 6.22. The largest absolute Gasteiger partial charge is 0.497 e. The van der Waals surface area contributed by atoms with Crippen molar-refractivity contribution in [1.82, 2.24) is 15.3 Å². The van der Waals surface area contributed by atoms with Crippen molar-refractivity contribution in [3.8, 4) is 5.75 Å². The number of pyridine rings is 1. The van der Waals surface area contributed by atoms with E-state index in [9.17, 15) is 4.79 Å². The maximum atomic E-state index is 12.7. The fourth-order valence-corrected chi connectivity index (χ4v) is 5.13. The average molecular weight is 474 g/mol. The topological polar surface area (TPSA) is 70.6 Å². The number of nitrogens with one attached hydrogen (secondary N) is 1. The second kappa shape index (κ2) is 10.1. The maximum absolute atomic E-state index is 12.7. The van der Waals surface area contributed by atoms with Crippen LogP contribution in [-0.4, -0.2) is 55.7 Å². The number of anilines is 2. The Morgan fingerprint density at radius 3 is 2.56 bits per heavy atom. The van der Waals surface area contributed by atoms with Crippen LogP contribution in [0, 0.1) is 0 Å². The van der Waals surface area contributed by atoms with Gasteiger partial charge in [0.1, 0.15) is 11.6 Å². The van der Waals surface area contributed by atoms with Gasteiger partial charge in [-0.1, -0.05) is 29.5 Å². The molecule has 1 fully saturated rings. The normalized spacial score (nSPS) is 13.8. The molecule has 2 aromatic heterocycles. The van der Waals surface area contributed by atoms with Crippen LogP contribution in [0.3, 0.4) is 0 Å². The second-order valence-electron chi connectivity index (χ2n) is 8.19. The van der Waals surface area contributed by atoms with Crippen molar-refractivity contribution < 1.29 is 9.53 Å². The summed E-state index contributed by atoms with van der Waals surface area (Å²) in [5.41, 5.74) is 2.76. The molecular formula is C26H27N5O2S. The molecule has 174 valence electrons. The van der Waals surface area contributed by atoms with E-state index in [0.717, 1.165) is 65.1 Å². The van der Waals surface area contributed by atoms with Crippen molar-refractivity contribution in [2.45, 2.75) is 6.42 Å². The summed E-state index contributed by atoms with van der Waals surface area (Å²) in [5, 5.41) is 4.03. The molecule has 5 rings (SSSR count). The third kappa shape index (κ3) is 4.97. The summed E-state index contributed by atoms with van der Waals surface area (Å²) in [7, 11) is 1.65. The summed E-state index contributed by atoms with van der Waals surface area (Å²) >= 11 is 1.65. The summed E-state index contributed by atoms with van der Waals surface area (Å²) in [6, 6.07) is 19.7. The van der Waals surface area contributed by atoms with E-state index in [-0.39, 0.29) is 5.91 Å². The number of hydrogen-bond donors (Lipinski definition) is 1. The molecule has 3 heterocycles. The van der Waals surface area contributed by atoms with Crippen molar-refractivity contribution in [1.29, 1.82) is 0 Å². The number of hydrogen-bond acceptors (Lipinski definition) is 7. The van der Waals surface area contributed by atoms with Crippen LogP contribution < -0.4 is 19.9 Å². The van der Waals surface area contributed by atoms with Gasteiger partial charge in [-0.05, 0) is 54.4 Å². The van der Waals surface area contributed by atoms with Crippen molar-refractivity contribution in [2.75, 3.05) is 49.6 Å². The number of thiazole rings is 1. The number of rotatable bonds is 7. The average Bonchev–Trinajstić information content (AvgIpc) is 3.33. The fourth-order valence-electron chi connectivity index (χ4n) is 4.07. The van der Waals surface area contributed by atoms with E-state index in [1.54, 1.807) is 18.4 Å². The highest BCUT2D eigenvalue weighted by atomic mass is 32.1. The Labute approximate surface area is 203 Å². The van der Waals surface area contributed by atoms with E-state index in [1.807, 2.05) is 60.8 Å². The molecule has 0 unspecified atom stereocenters. The third-order valence-corrected chi connectivity index (χ3v) is 7.10. The summed E-state index contributed by atoms with van der Waals surface area (Å²) in [6.45, 7) is 4.20.